The molecule has 0 aliphatic rings. The SMILES string of the molecule is CCN(CC)CCOc1ccc(C=NO)cc1OC. The van der Waals surface area contributed by atoms with Gasteiger partial charge in [0, 0.05) is 12.1 Å². The maximum absolute atomic E-state index is 8.50. The lowest BCUT2D eigenvalue weighted by Crippen LogP contribution is -2.27. The van der Waals surface area contributed by atoms with Crippen molar-refractivity contribution < 1.29 is 14.7 Å². The Morgan fingerprint density at radius 1 is 1.26 bits per heavy atom. The number of oxime groups is 1. The Morgan fingerprint density at radius 2 is 2.00 bits per heavy atom. The fourth-order valence-electron chi connectivity index (χ4n) is 1.77. The number of rotatable bonds is 8. The van der Waals surface area contributed by atoms with Crippen LogP contribution in [-0.2, 0) is 0 Å². The maximum atomic E-state index is 8.50. The molecule has 1 aromatic rings. The van der Waals surface area contributed by atoms with Crippen molar-refractivity contribution in [1.29, 1.82) is 0 Å². The molecule has 1 aromatic carbocycles. The summed E-state index contributed by atoms with van der Waals surface area (Å²) < 4.78 is 11.0. The molecule has 19 heavy (non-hydrogen) atoms. The summed E-state index contributed by atoms with van der Waals surface area (Å²) >= 11 is 0. The first-order valence-electron chi connectivity index (χ1n) is 6.45. The quantitative estimate of drug-likeness (QED) is 0.445. The lowest BCUT2D eigenvalue weighted by Gasteiger charge is -2.18. The van der Waals surface area contributed by atoms with E-state index >= 15 is 0 Å². The molecule has 0 amide bonds. The fourth-order valence-corrected chi connectivity index (χ4v) is 1.77. The molecule has 0 unspecified atom stereocenters. The van der Waals surface area contributed by atoms with Crippen molar-refractivity contribution in [1.82, 2.24) is 4.90 Å². The van der Waals surface area contributed by atoms with E-state index in [1.165, 1.54) is 6.21 Å². The molecule has 0 heterocycles. The molecule has 0 radical (unpaired) electrons. The van der Waals surface area contributed by atoms with Gasteiger partial charge in [-0.3, -0.25) is 0 Å². The van der Waals surface area contributed by atoms with Crippen LogP contribution in [-0.4, -0.2) is 49.7 Å². The molecular formula is C14H22N2O3. The monoisotopic (exact) mass is 266 g/mol. The van der Waals surface area contributed by atoms with E-state index in [1.54, 1.807) is 13.2 Å². The van der Waals surface area contributed by atoms with Crippen molar-refractivity contribution in [3.63, 3.8) is 0 Å². The lowest BCUT2D eigenvalue weighted by atomic mass is 10.2. The van der Waals surface area contributed by atoms with Gasteiger partial charge in [-0.2, -0.15) is 0 Å². The van der Waals surface area contributed by atoms with E-state index in [-0.39, 0.29) is 0 Å². The average molecular weight is 266 g/mol. The third-order valence-electron chi connectivity index (χ3n) is 2.95. The van der Waals surface area contributed by atoms with Gasteiger partial charge in [0.15, 0.2) is 11.5 Å². The number of likely N-dealkylation sites (N-methyl/N-ethyl adjacent to an activating group) is 1. The Labute approximate surface area is 114 Å². The highest BCUT2D eigenvalue weighted by Gasteiger charge is 2.06. The molecule has 0 saturated carbocycles. The van der Waals surface area contributed by atoms with Gasteiger partial charge in [0.05, 0.1) is 13.3 Å². The number of hydrogen-bond acceptors (Lipinski definition) is 5. The Kier molecular flexibility index (Phi) is 6.74. The number of benzene rings is 1. The summed E-state index contributed by atoms with van der Waals surface area (Å²) in [5.41, 5.74) is 0.760. The zero-order chi connectivity index (χ0) is 14.1. The normalized spacial score (nSPS) is 11.2. The summed E-state index contributed by atoms with van der Waals surface area (Å²) in [5.74, 6) is 1.33. The van der Waals surface area contributed by atoms with E-state index in [9.17, 15) is 0 Å². The van der Waals surface area contributed by atoms with Crippen molar-refractivity contribution in [2.75, 3.05) is 33.4 Å². The third kappa shape index (κ3) is 4.79. The van der Waals surface area contributed by atoms with E-state index in [0.717, 1.165) is 25.2 Å². The van der Waals surface area contributed by atoms with Gasteiger partial charge < -0.3 is 19.6 Å². The van der Waals surface area contributed by atoms with Gasteiger partial charge in [-0.05, 0) is 31.3 Å². The van der Waals surface area contributed by atoms with Crippen LogP contribution in [0.15, 0.2) is 23.4 Å². The van der Waals surface area contributed by atoms with Gasteiger partial charge in [0.2, 0.25) is 0 Å². The first-order chi connectivity index (χ1) is 9.24. The van der Waals surface area contributed by atoms with Crippen LogP contribution < -0.4 is 9.47 Å². The minimum atomic E-state index is 0.617. The van der Waals surface area contributed by atoms with Gasteiger partial charge in [0.1, 0.15) is 6.61 Å². The Morgan fingerprint density at radius 3 is 2.58 bits per heavy atom. The zero-order valence-electron chi connectivity index (χ0n) is 11.8. The summed E-state index contributed by atoms with van der Waals surface area (Å²) in [7, 11) is 1.59. The van der Waals surface area contributed by atoms with Gasteiger partial charge in [0.25, 0.3) is 0 Å². The first kappa shape index (κ1) is 15.3. The molecule has 0 spiro atoms. The van der Waals surface area contributed by atoms with Crippen molar-refractivity contribution >= 4 is 6.21 Å². The van der Waals surface area contributed by atoms with Crippen LogP contribution in [0.25, 0.3) is 0 Å². The number of ether oxygens (including phenoxy) is 2. The van der Waals surface area contributed by atoms with Crippen LogP contribution in [0.4, 0.5) is 0 Å². The smallest absolute Gasteiger partial charge is 0.161 e. The van der Waals surface area contributed by atoms with Crippen molar-refractivity contribution in [3.05, 3.63) is 23.8 Å². The van der Waals surface area contributed by atoms with E-state index in [1.807, 2.05) is 12.1 Å². The van der Waals surface area contributed by atoms with Gasteiger partial charge >= 0.3 is 0 Å². The highest BCUT2D eigenvalue weighted by atomic mass is 16.5. The molecule has 1 N–H and O–H groups in total. The molecule has 5 heteroatoms. The third-order valence-corrected chi connectivity index (χ3v) is 2.95. The molecular weight excluding hydrogens is 244 g/mol. The summed E-state index contributed by atoms with van der Waals surface area (Å²) in [6.45, 7) is 7.80. The summed E-state index contributed by atoms with van der Waals surface area (Å²) in [6.07, 6.45) is 1.35. The molecule has 0 aliphatic carbocycles. The molecule has 0 aromatic heterocycles. The Hall–Kier alpha value is -1.75. The predicted molar refractivity (Wildman–Crippen MR) is 75.7 cm³/mol. The Bertz CT molecular complexity index is 404. The maximum Gasteiger partial charge on any atom is 0.161 e. The van der Waals surface area contributed by atoms with Crippen LogP contribution >= 0.6 is 0 Å². The molecule has 0 saturated heterocycles. The van der Waals surface area contributed by atoms with Gasteiger partial charge in [-0.1, -0.05) is 19.0 Å². The van der Waals surface area contributed by atoms with Crippen LogP contribution in [0, 0.1) is 0 Å². The second-order valence-corrected chi connectivity index (χ2v) is 4.03. The van der Waals surface area contributed by atoms with E-state index < -0.39 is 0 Å². The predicted octanol–water partition coefficient (Wildman–Crippen LogP) is 2.22. The van der Waals surface area contributed by atoms with E-state index in [0.29, 0.717) is 18.1 Å². The Balaban J connectivity index is 2.62. The number of hydrogen-bond donors (Lipinski definition) is 1. The molecule has 5 nitrogen and oxygen atoms in total. The topological polar surface area (TPSA) is 54.3 Å². The second kappa shape index (κ2) is 8.37. The fraction of sp³-hybridized carbons (Fsp3) is 0.500. The van der Waals surface area contributed by atoms with Crippen molar-refractivity contribution in [2.24, 2.45) is 5.16 Å². The number of nitrogens with zero attached hydrogens (tertiary/aromatic N) is 2. The van der Waals surface area contributed by atoms with E-state index in [2.05, 4.69) is 23.9 Å². The zero-order valence-corrected chi connectivity index (χ0v) is 11.8. The summed E-state index contributed by atoms with van der Waals surface area (Å²) in [5, 5.41) is 11.5. The van der Waals surface area contributed by atoms with Gasteiger partial charge in [-0.25, -0.2) is 0 Å². The second-order valence-electron chi connectivity index (χ2n) is 4.03. The summed E-state index contributed by atoms with van der Waals surface area (Å²) in [4.78, 5) is 2.29. The average Bonchev–Trinajstić information content (AvgIpc) is 2.45. The molecule has 0 atom stereocenters. The van der Waals surface area contributed by atoms with Crippen LogP contribution in [0.1, 0.15) is 19.4 Å². The number of methoxy groups -OCH3 is 1. The highest BCUT2D eigenvalue weighted by molar-refractivity contribution is 5.80. The minimum Gasteiger partial charge on any atom is -0.493 e. The van der Waals surface area contributed by atoms with Crippen molar-refractivity contribution in [3.8, 4) is 11.5 Å². The molecule has 1 rings (SSSR count). The summed E-state index contributed by atoms with van der Waals surface area (Å²) in [6, 6.07) is 5.40. The standard InChI is InChI=1S/C14H22N2O3/c1-4-16(5-2)8-9-19-13-7-6-12(11-15-17)10-14(13)18-3/h6-7,10-11,17H,4-5,8-9H2,1-3H3. The lowest BCUT2D eigenvalue weighted by molar-refractivity contribution is 0.217. The van der Waals surface area contributed by atoms with Gasteiger partial charge in [-0.15, -0.1) is 0 Å². The van der Waals surface area contributed by atoms with Crippen LogP contribution in [0.5, 0.6) is 11.5 Å². The van der Waals surface area contributed by atoms with Crippen LogP contribution in [0.3, 0.4) is 0 Å². The highest BCUT2D eigenvalue weighted by Crippen LogP contribution is 2.27. The van der Waals surface area contributed by atoms with Crippen LogP contribution in [0.2, 0.25) is 0 Å². The molecule has 0 aliphatic heterocycles. The van der Waals surface area contributed by atoms with Crippen molar-refractivity contribution in [2.45, 2.75) is 13.8 Å². The van der Waals surface area contributed by atoms with E-state index in [4.69, 9.17) is 14.7 Å². The largest absolute Gasteiger partial charge is 0.493 e. The molecule has 0 bridgehead atoms. The first-order valence-corrected chi connectivity index (χ1v) is 6.45. The molecule has 106 valence electrons. The minimum absolute atomic E-state index is 0.617. The molecule has 0 fully saturated rings.